The first-order valence-electron chi connectivity index (χ1n) is 13.5. The summed E-state index contributed by atoms with van der Waals surface area (Å²) in [5, 5.41) is 2.20. The Labute approximate surface area is 230 Å². The molecule has 3 aromatic carbocycles. The van der Waals surface area contributed by atoms with Crippen LogP contribution in [0, 0.1) is 0 Å². The number of carbonyl (C=O) groups is 3. The van der Waals surface area contributed by atoms with E-state index in [0.717, 1.165) is 44.2 Å². The highest BCUT2D eigenvalue weighted by Gasteiger charge is 2.48. The first kappa shape index (κ1) is 24.2. The van der Waals surface area contributed by atoms with Crippen molar-refractivity contribution in [3.8, 4) is 0 Å². The lowest BCUT2D eigenvalue weighted by Gasteiger charge is -2.47. The molecule has 2 aromatic heterocycles. The molecular formula is C32H28N4O4. The van der Waals surface area contributed by atoms with Gasteiger partial charge in [0.15, 0.2) is 0 Å². The molecule has 0 radical (unpaired) electrons. The SMILES string of the molecule is COC(=O)c1ccc([C@@H]2c3[nH]c4ccccc4c3C[C@H]3C(=O)N(CCc4c[nH]c5ccccc45)CC(=O)N23)cc1. The number of amides is 2. The van der Waals surface area contributed by atoms with Crippen molar-refractivity contribution in [3.63, 3.8) is 0 Å². The topological polar surface area (TPSA) is 98.5 Å². The van der Waals surface area contributed by atoms with E-state index in [-0.39, 0.29) is 18.4 Å². The van der Waals surface area contributed by atoms with Crippen molar-refractivity contribution in [2.45, 2.75) is 24.9 Å². The Bertz CT molecular complexity index is 1780. The zero-order chi connectivity index (χ0) is 27.4. The van der Waals surface area contributed by atoms with Crippen molar-refractivity contribution < 1.29 is 19.1 Å². The average molecular weight is 533 g/mol. The predicted molar refractivity (Wildman–Crippen MR) is 151 cm³/mol. The molecule has 1 saturated heterocycles. The van der Waals surface area contributed by atoms with Crippen LogP contribution >= 0.6 is 0 Å². The van der Waals surface area contributed by atoms with E-state index < -0.39 is 18.1 Å². The van der Waals surface area contributed by atoms with Gasteiger partial charge in [-0.25, -0.2) is 4.79 Å². The number of methoxy groups -OCH3 is 1. The number of piperazine rings is 1. The van der Waals surface area contributed by atoms with E-state index in [1.807, 2.05) is 54.7 Å². The second-order valence-corrected chi connectivity index (χ2v) is 10.5. The number of aromatic nitrogens is 2. The third-order valence-corrected chi connectivity index (χ3v) is 8.32. The highest BCUT2D eigenvalue weighted by molar-refractivity contribution is 5.98. The molecule has 2 aliphatic heterocycles. The molecule has 0 spiro atoms. The number of nitrogens with one attached hydrogen (secondary N) is 2. The summed E-state index contributed by atoms with van der Waals surface area (Å²) in [6, 6.07) is 22.2. The van der Waals surface area contributed by atoms with Crippen LogP contribution in [0.2, 0.25) is 0 Å². The molecule has 4 heterocycles. The Morgan fingerprint density at radius 1 is 0.950 bits per heavy atom. The zero-order valence-electron chi connectivity index (χ0n) is 22.0. The minimum absolute atomic E-state index is 0.0317. The summed E-state index contributed by atoms with van der Waals surface area (Å²) in [5.41, 5.74) is 6.39. The van der Waals surface area contributed by atoms with Gasteiger partial charge in [-0.15, -0.1) is 0 Å². The second-order valence-electron chi connectivity index (χ2n) is 10.5. The number of hydrogen-bond donors (Lipinski definition) is 2. The molecule has 2 N–H and O–H groups in total. The van der Waals surface area contributed by atoms with Crippen LogP contribution in [0.15, 0.2) is 79.0 Å². The molecule has 2 atom stereocenters. The van der Waals surface area contributed by atoms with Gasteiger partial charge >= 0.3 is 5.97 Å². The zero-order valence-corrected chi connectivity index (χ0v) is 22.0. The highest BCUT2D eigenvalue weighted by atomic mass is 16.5. The molecule has 5 aromatic rings. The van der Waals surface area contributed by atoms with Crippen LogP contribution in [-0.4, -0.2) is 63.8 Å². The van der Waals surface area contributed by atoms with Gasteiger partial charge in [-0.3, -0.25) is 9.59 Å². The summed E-state index contributed by atoms with van der Waals surface area (Å²) in [5.74, 6) is -0.545. The van der Waals surface area contributed by atoms with Crippen LogP contribution in [0.1, 0.15) is 38.8 Å². The van der Waals surface area contributed by atoms with Crippen molar-refractivity contribution in [2.75, 3.05) is 20.2 Å². The summed E-state index contributed by atoms with van der Waals surface area (Å²) in [7, 11) is 1.35. The van der Waals surface area contributed by atoms with Crippen LogP contribution < -0.4 is 0 Å². The molecule has 0 aliphatic carbocycles. The number of carbonyl (C=O) groups excluding carboxylic acids is 3. The number of esters is 1. The largest absolute Gasteiger partial charge is 0.465 e. The molecule has 2 amide bonds. The van der Waals surface area contributed by atoms with E-state index in [4.69, 9.17) is 4.74 Å². The van der Waals surface area contributed by atoms with Crippen molar-refractivity contribution in [3.05, 3.63) is 107 Å². The molecule has 1 fully saturated rings. The van der Waals surface area contributed by atoms with Crippen LogP contribution in [0.25, 0.3) is 21.8 Å². The first-order chi connectivity index (χ1) is 19.5. The van der Waals surface area contributed by atoms with E-state index >= 15 is 0 Å². The van der Waals surface area contributed by atoms with E-state index in [2.05, 4.69) is 22.1 Å². The van der Waals surface area contributed by atoms with Gasteiger partial charge in [-0.05, 0) is 47.4 Å². The van der Waals surface area contributed by atoms with Gasteiger partial charge in [0.25, 0.3) is 0 Å². The number of benzene rings is 3. The summed E-state index contributed by atoms with van der Waals surface area (Å²) in [6.07, 6.45) is 3.09. The van der Waals surface area contributed by atoms with Crippen molar-refractivity contribution in [2.24, 2.45) is 0 Å². The minimum atomic E-state index is -0.610. The lowest BCUT2D eigenvalue weighted by Crippen LogP contribution is -2.63. The molecule has 2 aliphatic rings. The summed E-state index contributed by atoms with van der Waals surface area (Å²) in [4.78, 5) is 50.2. The fraction of sp³-hybridized carbons (Fsp3) is 0.219. The van der Waals surface area contributed by atoms with Crippen LogP contribution in [0.4, 0.5) is 0 Å². The molecule has 8 nitrogen and oxygen atoms in total. The highest BCUT2D eigenvalue weighted by Crippen LogP contribution is 2.42. The van der Waals surface area contributed by atoms with E-state index in [1.165, 1.54) is 7.11 Å². The maximum Gasteiger partial charge on any atom is 0.337 e. The third-order valence-electron chi connectivity index (χ3n) is 8.32. The molecule has 7 rings (SSSR count). The van der Waals surface area contributed by atoms with E-state index in [0.29, 0.717) is 24.9 Å². The number of para-hydroxylation sites is 2. The predicted octanol–water partition coefficient (Wildman–Crippen LogP) is 4.36. The van der Waals surface area contributed by atoms with Gasteiger partial charge in [-0.1, -0.05) is 48.5 Å². The molecule has 0 saturated carbocycles. The van der Waals surface area contributed by atoms with Gasteiger partial charge in [0.2, 0.25) is 11.8 Å². The quantitative estimate of drug-likeness (QED) is 0.329. The van der Waals surface area contributed by atoms with Gasteiger partial charge in [0.1, 0.15) is 6.04 Å². The second kappa shape index (κ2) is 9.41. The lowest BCUT2D eigenvalue weighted by atomic mass is 9.86. The summed E-state index contributed by atoms with van der Waals surface area (Å²) in [6.45, 7) is 0.500. The van der Waals surface area contributed by atoms with Crippen LogP contribution in [0.3, 0.4) is 0 Å². The lowest BCUT2D eigenvalue weighted by molar-refractivity contribution is -0.158. The molecule has 200 valence electrons. The van der Waals surface area contributed by atoms with Crippen molar-refractivity contribution in [1.29, 1.82) is 0 Å². The standard InChI is InChI=1S/C32H28N4O4/c1-40-32(39)20-12-10-19(11-13-20)30-29-24(23-7-3-5-9-26(23)34-29)16-27-31(38)35(18-28(37)36(27)30)15-14-21-17-33-25-8-4-2-6-22(21)25/h2-13,17,27,30,33-34H,14-16,18H2,1H3/t27-,30+/m0/s1. The summed E-state index contributed by atoms with van der Waals surface area (Å²) >= 11 is 0. The number of fused-ring (bicyclic) bond motifs is 5. The van der Waals surface area contributed by atoms with Gasteiger partial charge in [0, 0.05) is 46.7 Å². The Morgan fingerprint density at radius 3 is 2.45 bits per heavy atom. The molecule has 0 unspecified atom stereocenters. The van der Waals surface area contributed by atoms with Gasteiger partial charge in [0.05, 0.1) is 25.3 Å². The maximum atomic E-state index is 14.0. The van der Waals surface area contributed by atoms with Crippen LogP contribution in [0.5, 0.6) is 0 Å². The Morgan fingerprint density at radius 2 is 1.68 bits per heavy atom. The monoisotopic (exact) mass is 532 g/mol. The molecular weight excluding hydrogens is 504 g/mol. The van der Waals surface area contributed by atoms with Crippen molar-refractivity contribution >= 4 is 39.6 Å². The maximum absolute atomic E-state index is 14.0. The van der Waals surface area contributed by atoms with Gasteiger partial charge < -0.3 is 24.5 Å². The Hall–Kier alpha value is -4.85. The Kier molecular flexibility index (Phi) is 5.70. The smallest absolute Gasteiger partial charge is 0.337 e. The van der Waals surface area contributed by atoms with Gasteiger partial charge in [-0.2, -0.15) is 0 Å². The van der Waals surface area contributed by atoms with Crippen molar-refractivity contribution in [1.82, 2.24) is 19.8 Å². The Balaban J connectivity index is 1.25. The normalized spacial score (nSPS) is 18.7. The van der Waals surface area contributed by atoms with E-state index in [1.54, 1.807) is 21.9 Å². The fourth-order valence-electron chi connectivity index (χ4n) is 6.37. The average Bonchev–Trinajstić information content (AvgIpc) is 3.58. The van der Waals surface area contributed by atoms with Crippen LogP contribution in [-0.2, 0) is 27.2 Å². The first-order valence-corrected chi connectivity index (χ1v) is 13.5. The number of nitrogens with zero attached hydrogens (tertiary/aromatic N) is 2. The number of H-pyrrole nitrogens is 2. The number of rotatable bonds is 5. The number of ether oxygens (including phenoxy) is 1. The number of aromatic amines is 2. The summed E-state index contributed by atoms with van der Waals surface area (Å²) < 4.78 is 4.86. The van der Waals surface area contributed by atoms with E-state index in [9.17, 15) is 14.4 Å². The molecule has 0 bridgehead atoms. The fourth-order valence-corrected chi connectivity index (χ4v) is 6.37. The molecule has 40 heavy (non-hydrogen) atoms. The molecule has 8 heteroatoms. The third kappa shape index (κ3) is 3.78. The minimum Gasteiger partial charge on any atom is -0.465 e. The number of hydrogen-bond acceptors (Lipinski definition) is 4.